The Labute approximate surface area is 162 Å². The van der Waals surface area contributed by atoms with Crippen LogP contribution in [0.15, 0.2) is 24.3 Å². The van der Waals surface area contributed by atoms with Crippen LogP contribution in [0.4, 0.5) is 36.3 Å². The van der Waals surface area contributed by atoms with Crippen molar-refractivity contribution in [3.63, 3.8) is 0 Å². The van der Waals surface area contributed by atoms with E-state index in [-0.39, 0.29) is 23.4 Å². The monoisotopic (exact) mass is 394 g/mol. The smallest absolute Gasteiger partial charge is 0.399 e. The molecule has 1 aromatic heterocycles. The number of hydrogen-bond acceptors (Lipinski definition) is 6. The minimum absolute atomic E-state index is 0.0499. The highest BCUT2D eigenvalue weighted by Gasteiger charge is 2.34. The van der Waals surface area contributed by atoms with Crippen LogP contribution in [0.3, 0.4) is 0 Å². The topological polar surface area (TPSA) is 79.1 Å². The van der Waals surface area contributed by atoms with Crippen LogP contribution in [-0.2, 0) is 12.6 Å². The Bertz CT molecular complexity index is 824. The van der Waals surface area contributed by atoms with E-state index in [0.29, 0.717) is 0 Å². The second-order valence-electron chi connectivity index (χ2n) is 6.97. The lowest BCUT2D eigenvalue weighted by Gasteiger charge is -2.35. The molecule has 1 fully saturated rings. The zero-order valence-corrected chi connectivity index (χ0v) is 16.0. The molecule has 28 heavy (non-hydrogen) atoms. The molecular weight excluding hydrogens is 369 g/mol. The molecule has 9 heteroatoms. The van der Waals surface area contributed by atoms with Gasteiger partial charge in [-0.1, -0.05) is 13.3 Å². The highest BCUT2D eigenvalue weighted by molar-refractivity contribution is 5.64. The molecule has 0 spiro atoms. The molecule has 0 amide bonds. The zero-order chi connectivity index (χ0) is 20.3. The molecule has 4 N–H and O–H groups in total. The molecule has 2 heterocycles. The van der Waals surface area contributed by atoms with Gasteiger partial charge in [0.25, 0.3) is 0 Å². The lowest BCUT2D eigenvalue weighted by molar-refractivity contribution is -0.136. The van der Waals surface area contributed by atoms with E-state index in [1.165, 1.54) is 12.1 Å². The number of halogens is 3. The third kappa shape index (κ3) is 4.64. The molecule has 0 unspecified atom stereocenters. The number of nitrogens with one attached hydrogen (secondary N) is 2. The van der Waals surface area contributed by atoms with Gasteiger partial charge < -0.3 is 21.3 Å². The van der Waals surface area contributed by atoms with Gasteiger partial charge in [-0.05, 0) is 31.5 Å². The predicted octanol–water partition coefficient (Wildman–Crippen LogP) is 3.57. The minimum Gasteiger partial charge on any atom is -0.399 e. The molecule has 0 saturated carbocycles. The van der Waals surface area contributed by atoms with E-state index in [0.717, 1.165) is 50.1 Å². The number of nitrogen functional groups attached to an aromatic ring is 1. The third-order valence-electron chi connectivity index (χ3n) is 4.66. The molecule has 1 aromatic carbocycles. The molecular formula is C19H25F3N6. The standard InChI is InChI=1S/C19H25F3N6/c1-3-4-14-10-17(28-8-7-24-11-12(28)2)27-18(25-14)26-16-6-5-13(23)9-15(16)19(20,21)22/h5-6,9-10,12,24H,3-4,7-8,11,23H2,1-2H3,(H,25,26,27)/t12-/m1/s1. The summed E-state index contributed by atoms with van der Waals surface area (Å²) in [7, 11) is 0. The molecule has 1 aliphatic heterocycles. The number of anilines is 4. The fraction of sp³-hybridized carbons (Fsp3) is 0.474. The molecule has 0 radical (unpaired) electrons. The number of nitrogens with zero attached hydrogens (tertiary/aromatic N) is 3. The average molecular weight is 394 g/mol. The number of aromatic nitrogens is 2. The Hall–Kier alpha value is -2.55. The fourth-order valence-corrected chi connectivity index (χ4v) is 3.28. The largest absolute Gasteiger partial charge is 0.418 e. The number of alkyl halides is 3. The molecule has 152 valence electrons. The van der Waals surface area contributed by atoms with Crippen molar-refractivity contribution in [3.8, 4) is 0 Å². The van der Waals surface area contributed by atoms with Crippen LogP contribution >= 0.6 is 0 Å². The van der Waals surface area contributed by atoms with Crippen LogP contribution in [0, 0.1) is 0 Å². The number of piperazine rings is 1. The number of benzene rings is 1. The normalized spacial score (nSPS) is 17.6. The van der Waals surface area contributed by atoms with E-state index in [1.807, 2.05) is 13.0 Å². The van der Waals surface area contributed by atoms with E-state index in [2.05, 4.69) is 32.4 Å². The van der Waals surface area contributed by atoms with Crippen molar-refractivity contribution in [2.24, 2.45) is 0 Å². The third-order valence-corrected chi connectivity index (χ3v) is 4.66. The van der Waals surface area contributed by atoms with E-state index in [4.69, 9.17) is 5.73 Å². The Kier molecular flexibility index (Phi) is 5.93. The van der Waals surface area contributed by atoms with Gasteiger partial charge >= 0.3 is 6.18 Å². The van der Waals surface area contributed by atoms with Crippen molar-refractivity contribution in [2.45, 2.75) is 38.9 Å². The van der Waals surface area contributed by atoms with Crippen LogP contribution in [-0.4, -0.2) is 35.6 Å². The highest BCUT2D eigenvalue weighted by Crippen LogP contribution is 2.37. The Morgan fingerprint density at radius 1 is 1.29 bits per heavy atom. The summed E-state index contributed by atoms with van der Waals surface area (Å²) in [6, 6.07) is 5.79. The van der Waals surface area contributed by atoms with Gasteiger partial charge in [0.1, 0.15) is 5.82 Å². The maximum absolute atomic E-state index is 13.4. The van der Waals surface area contributed by atoms with Gasteiger partial charge in [0.15, 0.2) is 0 Å². The van der Waals surface area contributed by atoms with E-state index < -0.39 is 11.7 Å². The molecule has 1 atom stereocenters. The summed E-state index contributed by atoms with van der Waals surface area (Å²) in [6.07, 6.45) is -2.93. The van der Waals surface area contributed by atoms with Crippen molar-refractivity contribution in [2.75, 3.05) is 35.6 Å². The predicted molar refractivity (Wildman–Crippen MR) is 105 cm³/mol. The van der Waals surface area contributed by atoms with Crippen LogP contribution in [0.1, 0.15) is 31.5 Å². The summed E-state index contributed by atoms with van der Waals surface area (Å²) < 4.78 is 40.2. The first-order valence-electron chi connectivity index (χ1n) is 9.37. The highest BCUT2D eigenvalue weighted by atomic mass is 19.4. The number of rotatable bonds is 5. The second-order valence-corrected chi connectivity index (χ2v) is 6.97. The summed E-state index contributed by atoms with van der Waals surface area (Å²) in [5.41, 5.74) is 5.44. The number of nitrogens with two attached hydrogens (primary N) is 1. The molecule has 2 aromatic rings. The number of hydrogen-bond donors (Lipinski definition) is 3. The molecule has 0 aliphatic carbocycles. The summed E-state index contributed by atoms with van der Waals surface area (Å²) in [5.74, 6) is 0.876. The first-order chi connectivity index (χ1) is 13.3. The van der Waals surface area contributed by atoms with E-state index in [9.17, 15) is 13.2 Å². The van der Waals surface area contributed by atoms with E-state index >= 15 is 0 Å². The second kappa shape index (κ2) is 8.22. The van der Waals surface area contributed by atoms with Gasteiger partial charge in [-0.3, -0.25) is 0 Å². The zero-order valence-electron chi connectivity index (χ0n) is 16.0. The van der Waals surface area contributed by atoms with Crippen LogP contribution in [0.5, 0.6) is 0 Å². The van der Waals surface area contributed by atoms with Gasteiger partial charge in [0, 0.05) is 43.1 Å². The lowest BCUT2D eigenvalue weighted by Crippen LogP contribution is -2.50. The summed E-state index contributed by atoms with van der Waals surface area (Å²) in [5, 5.41) is 6.08. The maximum Gasteiger partial charge on any atom is 0.418 e. The Morgan fingerprint density at radius 2 is 2.07 bits per heavy atom. The molecule has 1 saturated heterocycles. The molecule has 0 bridgehead atoms. The Balaban J connectivity index is 1.98. The minimum atomic E-state index is -4.53. The maximum atomic E-state index is 13.4. The van der Waals surface area contributed by atoms with Gasteiger partial charge in [0.05, 0.1) is 11.3 Å². The van der Waals surface area contributed by atoms with Crippen molar-refractivity contribution in [1.82, 2.24) is 15.3 Å². The fourth-order valence-electron chi connectivity index (χ4n) is 3.28. The van der Waals surface area contributed by atoms with E-state index in [1.54, 1.807) is 0 Å². The first kappa shape index (κ1) is 20.2. The molecule has 3 rings (SSSR count). The van der Waals surface area contributed by atoms with Gasteiger partial charge in [-0.2, -0.15) is 18.2 Å². The van der Waals surface area contributed by atoms with Crippen molar-refractivity contribution < 1.29 is 13.2 Å². The van der Waals surface area contributed by atoms with Crippen LogP contribution in [0.25, 0.3) is 0 Å². The van der Waals surface area contributed by atoms with Crippen molar-refractivity contribution in [3.05, 3.63) is 35.5 Å². The number of aryl methyl sites for hydroxylation is 1. The molecule has 1 aliphatic rings. The molecule has 6 nitrogen and oxygen atoms in total. The SMILES string of the molecule is CCCc1cc(N2CCNC[C@H]2C)nc(Nc2ccc(N)cc2C(F)(F)F)n1. The summed E-state index contributed by atoms with van der Waals surface area (Å²) >= 11 is 0. The first-order valence-corrected chi connectivity index (χ1v) is 9.37. The van der Waals surface area contributed by atoms with Crippen LogP contribution < -0.4 is 21.3 Å². The van der Waals surface area contributed by atoms with Gasteiger partial charge in [-0.25, -0.2) is 4.98 Å². The van der Waals surface area contributed by atoms with Crippen LogP contribution in [0.2, 0.25) is 0 Å². The van der Waals surface area contributed by atoms with Crippen molar-refractivity contribution in [1.29, 1.82) is 0 Å². The van der Waals surface area contributed by atoms with Gasteiger partial charge in [-0.15, -0.1) is 0 Å². The van der Waals surface area contributed by atoms with Gasteiger partial charge in [0.2, 0.25) is 5.95 Å². The lowest BCUT2D eigenvalue weighted by atomic mass is 10.1. The summed E-state index contributed by atoms with van der Waals surface area (Å²) in [4.78, 5) is 11.1. The average Bonchev–Trinajstić information content (AvgIpc) is 2.63. The summed E-state index contributed by atoms with van der Waals surface area (Å²) in [6.45, 7) is 6.55. The van der Waals surface area contributed by atoms with Crippen molar-refractivity contribution >= 4 is 23.1 Å². The Morgan fingerprint density at radius 3 is 2.75 bits per heavy atom. The quantitative estimate of drug-likeness (QED) is 0.673.